The van der Waals surface area contributed by atoms with Gasteiger partial charge in [0.15, 0.2) is 5.78 Å². The van der Waals surface area contributed by atoms with Crippen LogP contribution < -0.4 is 0 Å². The molecule has 1 aromatic rings. The molecule has 23 heavy (non-hydrogen) atoms. The zero-order valence-electron chi connectivity index (χ0n) is 13.5. The second-order valence-electron chi connectivity index (χ2n) is 7.13. The summed E-state index contributed by atoms with van der Waals surface area (Å²) in [6.45, 7) is 6.54. The zero-order chi connectivity index (χ0) is 16.8. The monoisotopic (exact) mass is 310 g/mol. The quantitative estimate of drug-likeness (QED) is 0.787. The molecule has 2 aliphatic rings. The lowest BCUT2D eigenvalue weighted by molar-refractivity contribution is -0.127. The van der Waals surface area contributed by atoms with Gasteiger partial charge >= 0.3 is 0 Å². The number of aromatic nitrogens is 2. The van der Waals surface area contributed by atoms with Gasteiger partial charge in [-0.1, -0.05) is 19.9 Å². The van der Waals surface area contributed by atoms with E-state index in [2.05, 4.69) is 9.97 Å². The highest BCUT2D eigenvalue weighted by Gasteiger charge is 2.52. The van der Waals surface area contributed by atoms with E-state index in [0.717, 1.165) is 5.69 Å². The van der Waals surface area contributed by atoms with Crippen molar-refractivity contribution in [2.24, 2.45) is 10.8 Å². The fourth-order valence-electron chi connectivity index (χ4n) is 3.56. The lowest BCUT2D eigenvalue weighted by Gasteiger charge is -2.53. The van der Waals surface area contributed by atoms with Gasteiger partial charge in [-0.2, -0.15) is 5.26 Å². The maximum atomic E-state index is 12.4. The minimum absolute atomic E-state index is 0.111. The fraction of sp³-hybridized carbons (Fsp3) is 0.471. The van der Waals surface area contributed by atoms with E-state index in [4.69, 9.17) is 0 Å². The van der Waals surface area contributed by atoms with Crippen LogP contribution in [0.4, 0.5) is 0 Å². The molecule has 1 fully saturated rings. The van der Waals surface area contributed by atoms with Crippen molar-refractivity contribution in [1.82, 2.24) is 14.9 Å². The Morgan fingerprint density at radius 2 is 2.00 bits per heavy atom. The number of hydrogen-bond acceptors (Lipinski definition) is 5. The summed E-state index contributed by atoms with van der Waals surface area (Å²) >= 11 is 0. The van der Waals surface area contributed by atoms with Crippen molar-refractivity contribution in [3.8, 4) is 6.07 Å². The molecule has 0 aromatic carbocycles. The summed E-state index contributed by atoms with van der Waals surface area (Å²) in [5.74, 6) is -0.274. The maximum Gasteiger partial charge on any atom is 0.274 e. The number of nitrogens with zero attached hydrogens (tertiary/aromatic N) is 4. The van der Waals surface area contributed by atoms with Gasteiger partial charge in [-0.25, -0.2) is 4.98 Å². The molecule has 1 aliphatic heterocycles. The predicted molar refractivity (Wildman–Crippen MR) is 82.2 cm³/mol. The van der Waals surface area contributed by atoms with Crippen LogP contribution in [0.2, 0.25) is 0 Å². The van der Waals surface area contributed by atoms with E-state index in [1.807, 2.05) is 26.8 Å². The number of amides is 1. The van der Waals surface area contributed by atoms with Gasteiger partial charge in [-0.05, 0) is 13.3 Å². The third-order valence-corrected chi connectivity index (χ3v) is 4.52. The first-order valence-electron chi connectivity index (χ1n) is 7.52. The molecular formula is C17H18N4O2. The van der Waals surface area contributed by atoms with E-state index in [-0.39, 0.29) is 22.7 Å². The molecule has 0 atom stereocenters. The van der Waals surface area contributed by atoms with E-state index in [0.29, 0.717) is 25.2 Å². The number of carbonyl (C=O) groups excluding carboxylic acids is 2. The maximum absolute atomic E-state index is 12.4. The first kappa shape index (κ1) is 15.3. The molecule has 3 rings (SSSR count). The van der Waals surface area contributed by atoms with Gasteiger partial charge in [-0.15, -0.1) is 0 Å². The van der Waals surface area contributed by atoms with Crippen LogP contribution in [0.5, 0.6) is 0 Å². The van der Waals surface area contributed by atoms with Gasteiger partial charge in [-0.3, -0.25) is 14.6 Å². The number of carbonyl (C=O) groups is 2. The molecule has 0 unspecified atom stereocenters. The predicted octanol–water partition coefficient (Wildman–Crippen LogP) is 1.68. The molecule has 1 spiro atoms. The van der Waals surface area contributed by atoms with E-state index >= 15 is 0 Å². The van der Waals surface area contributed by atoms with Gasteiger partial charge in [0.1, 0.15) is 11.8 Å². The minimum atomic E-state index is -0.571. The second-order valence-corrected chi connectivity index (χ2v) is 7.13. The van der Waals surface area contributed by atoms with Crippen LogP contribution in [0.15, 0.2) is 24.0 Å². The highest BCUT2D eigenvalue weighted by Crippen LogP contribution is 2.48. The first-order chi connectivity index (χ1) is 10.8. The van der Waals surface area contributed by atoms with Crippen molar-refractivity contribution < 1.29 is 9.59 Å². The molecular weight excluding hydrogens is 292 g/mol. The van der Waals surface area contributed by atoms with Crippen molar-refractivity contribution in [2.45, 2.75) is 27.2 Å². The van der Waals surface area contributed by atoms with Gasteiger partial charge in [0, 0.05) is 30.1 Å². The number of nitriles is 1. The number of hydrogen-bond donors (Lipinski definition) is 0. The molecule has 1 amide bonds. The molecule has 6 heteroatoms. The Bertz CT molecular complexity index is 750. The molecule has 1 aromatic heterocycles. The van der Waals surface area contributed by atoms with Crippen LogP contribution >= 0.6 is 0 Å². The Hall–Kier alpha value is -2.55. The summed E-state index contributed by atoms with van der Waals surface area (Å²) in [7, 11) is 0. The summed E-state index contributed by atoms with van der Waals surface area (Å²) in [6, 6.07) is 2.00. The standard InChI is InChI=1S/C17H18N4O2/c1-11-6-20-13(7-19-11)15(23)21-9-17(10-21)4-12(5-18)14(22)16(2,3)8-17/h4,6-7H,8-10H2,1-3H3. The van der Waals surface area contributed by atoms with Gasteiger partial charge in [0.2, 0.25) is 0 Å². The lowest BCUT2D eigenvalue weighted by Crippen LogP contribution is -2.61. The molecule has 1 saturated heterocycles. The number of Topliss-reactive ketones (excluding diaryl/α,β-unsaturated/α-hetero) is 1. The Morgan fingerprint density at radius 3 is 2.57 bits per heavy atom. The van der Waals surface area contributed by atoms with Crippen molar-refractivity contribution in [2.75, 3.05) is 13.1 Å². The summed E-state index contributed by atoms with van der Waals surface area (Å²) < 4.78 is 0. The van der Waals surface area contributed by atoms with Crippen LogP contribution in [0, 0.1) is 29.1 Å². The van der Waals surface area contributed by atoms with Crippen LogP contribution in [0.25, 0.3) is 0 Å². The number of likely N-dealkylation sites (tertiary alicyclic amines) is 1. The van der Waals surface area contributed by atoms with Crippen LogP contribution in [-0.2, 0) is 4.79 Å². The Kier molecular flexibility index (Phi) is 3.33. The van der Waals surface area contributed by atoms with Crippen molar-refractivity contribution in [1.29, 1.82) is 5.26 Å². The molecule has 0 N–H and O–H groups in total. The second kappa shape index (κ2) is 4.98. The van der Waals surface area contributed by atoms with Gasteiger partial charge in [0.25, 0.3) is 5.91 Å². The van der Waals surface area contributed by atoms with Crippen LogP contribution in [0.1, 0.15) is 36.5 Å². The lowest BCUT2D eigenvalue weighted by atomic mass is 9.61. The Labute approximate surface area is 134 Å². The van der Waals surface area contributed by atoms with E-state index < -0.39 is 5.41 Å². The fourth-order valence-corrected chi connectivity index (χ4v) is 3.56. The molecule has 1 aliphatic carbocycles. The number of ketones is 1. The number of allylic oxidation sites excluding steroid dienone is 1. The first-order valence-corrected chi connectivity index (χ1v) is 7.52. The highest BCUT2D eigenvalue weighted by molar-refractivity contribution is 6.04. The van der Waals surface area contributed by atoms with Gasteiger partial charge in [0.05, 0.1) is 17.5 Å². The minimum Gasteiger partial charge on any atom is -0.335 e. The molecule has 6 nitrogen and oxygen atoms in total. The van der Waals surface area contributed by atoms with Crippen LogP contribution in [-0.4, -0.2) is 39.6 Å². The molecule has 0 saturated carbocycles. The SMILES string of the molecule is Cc1cnc(C(=O)N2CC3(C=C(C#N)C(=O)C(C)(C)C3)C2)cn1. The Morgan fingerprint density at radius 1 is 1.30 bits per heavy atom. The van der Waals surface area contributed by atoms with Crippen molar-refractivity contribution in [3.05, 3.63) is 35.4 Å². The topological polar surface area (TPSA) is 87.0 Å². The smallest absolute Gasteiger partial charge is 0.274 e. The zero-order valence-corrected chi connectivity index (χ0v) is 13.5. The van der Waals surface area contributed by atoms with E-state index in [9.17, 15) is 14.9 Å². The van der Waals surface area contributed by atoms with Crippen molar-refractivity contribution >= 4 is 11.7 Å². The average Bonchev–Trinajstić information content (AvgIpc) is 2.47. The van der Waals surface area contributed by atoms with Gasteiger partial charge < -0.3 is 4.90 Å². The Balaban J connectivity index is 1.79. The summed E-state index contributed by atoms with van der Waals surface area (Å²) in [6.07, 6.45) is 5.45. The summed E-state index contributed by atoms with van der Waals surface area (Å²) in [4.78, 5) is 34.5. The molecule has 0 bridgehead atoms. The summed E-state index contributed by atoms with van der Waals surface area (Å²) in [5.41, 5.74) is 0.440. The average molecular weight is 310 g/mol. The molecule has 0 radical (unpaired) electrons. The van der Waals surface area contributed by atoms with E-state index in [1.54, 1.807) is 17.2 Å². The molecule has 118 valence electrons. The van der Waals surface area contributed by atoms with E-state index in [1.165, 1.54) is 6.20 Å². The summed E-state index contributed by atoms with van der Waals surface area (Å²) in [5, 5.41) is 9.19. The largest absolute Gasteiger partial charge is 0.335 e. The normalized spacial score (nSPS) is 21.4. The van der Waals surface area contributed by atoms with Crippen molar-refractivity contribution in [3.63, 3.8) is 0 Å². The number of aryl methyl sites for hydroxylation is 1. The highest BCUT2D eigenvalue weighted by atomic mass is 16.2. The third-order valence-electron chi connectivity index (χ3n) is 4.52. The van der Waals surface area contributed by atoms with Crippen LogP contribution in [0.3, 0.4) is 0 Å². The third kappa shape index (κ3) is 2.52. The molecule has 2 heterocycles. The number of rotatable bonds is 1.